The first kappa shape index (κ1) is 78.9. The number of carbonyl (C=O) groups is 2. The standard InChI is InChI=1S/C50H63N3O6.C34H51N3O6.CH4/c1-6-43-36(5)44(57-47(54)38-17-9-7-10-18-38)45(58-48(55)39-19-11-8-12-20-39)49(56-43)59-46-41(42(32-52-46)34(2)3)31-40-22-21-37(30-35(40)4)16-13-14-28-53-29-15-23-50(33-53)24-26-51-27-25-50;1-22(2)27-19-36-32(43-33-31(41)30(40)29(39)28(20-38)42-33)26(27)18-25-9-8-24(17-23(25)3)7-4-5-15-37-16-6-10-34(21-37)11-13-35-14-12-34;/h7-13,16-22,30,34,36,43-45,49,51H,6,14-15,23-29,31-33H2,1-5H3;4,7-9,17,22,28-31,33,35,38-41H,5-6,10-16,18-21H2,1-3H3;1H4/b16-13+;7-4+;/t36-,43-,44+,45-,49+;28-,29-,30+,31-,33+;/m11./s1. The van der Waals surface area contributed by atoms with Crippen LogP contribution in [0.25, 0.3) is 12.2 Å². The molecule has 0 unspecified atom stereocenters. The van der Waals surface area contributed by atoms with Crippen molar-refractivity contribution in [2.24, 2.45) is 38.6 Å². The fraction of sp³-hybridized carbons (Fsp3) is 0.576. The third-order valence-corrected chi connectivity index (χ3v) is 22.8. The fourth-order valence-electron chi connectivity index (χ4n) is 16.6. The van der Waals surface area contributed by atoms with E-state index in [1.807, 2.05) is 26.0 Å². The van der Waals surface area contributed by atoms with Gasteiger partial charge in [0.15, 0.2) is 6.10 Å². The van der Waals surface area contributed by atoms with Gasteiger partial charge < -0.3 is 69.3 Å². The number of nitrogens with zero attached hydrogens (tertiary/aromatic N) is 4. The van der Waals surface area contributed by atoms with Gasteiger partial charge in [0.05, 0.1) is 36.9 Å². The predicted molar refractivity (Wildman–Crippen MR) is 408 cm³/mol. The molecule has 0 radical (unpaired) electrons. The molecule has 6 fully saturated rings. The molecule has 4 aromatic carbocycles. The Morgan fingerprint density at radius 3 is 1.49 bits per heavy atom. The first-order valence-corrected chi connectivity index (χ1v) is 38.1. The molecule has 6 saturated heterocycles. The second-order valence-electron chi connectivity index (χ2n) is 30.6. The summed E-state index contributed by atoms with van der Waals surface area (Å²) in [6, 6.07) is 30.9. The van der Waals surface area contributed by atoms with Crippen molar-refractivity contribution in [1.82, 2.24) is 20.4 Å². The summed E-state index contributed by atoms with van der Waals surface area (Å²) in [6.45, 7) is 29.2. The molecule has 560 valence electrons. The number of rotatable bonds is 22. The molecule has 0 amide bonds. The molecule has 4 aromatic rings. The van der Waals surface area contributed by atoms with Crippen LogP contribution in [-0.2, 0) is 41.3 Å². The first-order valence-electron chi connectivity index (χ1n) is 38.1. The van der Waals surface area contributed by atoms with Crippen molar-refractivity contribution in [3.8, 4) is 0 Å². The fourth-order valence-corrected chi connectivity index (χ4v) is 16.6. The van der Waals surface area contributed by atoms with Crippen molar-refractivity contribution >= 4 is 35.9 Å². The number of esters is 2. The molecule has 12 rings (SSSR count). The molecule has 0 aliphatic carbocycles. The van der Waals surface area contributed by atoms with E-state index < -0.39 is 67.7 Å². The highest BCUT2D eigenvalue weighted by molar-refractivity contribution is 5.98. The Morgan fingerprint density at radius 1 is 0.602 bits per heavy atom. The highest BCUT2D eigenvalue weighted by Crippen LogP contribution is 2.41. The van der Waals surface area contributed by atoms with Gasteiger partial charge in [0.2, 0.25) is 30.5 Å². The zero-order valence-corrected chi connectivity index (χ0v) is 61.7. The van der Waals surface area contributed by atoms with Gasteiger partial charge in [-0.1, -0.05) is 146 Å². The molecule has 6 N–H and O–H groups in total. The third kappa shape index (κ3) is 20.1. The van der Waals surface area contributed by atoms with Crippen molar-refractivity contribution in [2.75, 3.05) is 85.1 Å². The quantitative estimate of drug-likeness (QED) is 0.0402. The Bertz CT molecular complexity index is 3620. The summed E-state index contributed by atoms with van der Waals surface area (Å²) >= 11 is 0. The zero-order chi connectivity index (χ0) is 71.9. The zero-order valence-electron chi connectivity index (χ0n) is 61.7. The number of aliphatic imine (C=N–C) groups is 2. The summed E-state index contributed by atoms with van der Waals surface area (Å²) in [5, 5.41) is 47.5. The Kier molecular flexibility index (Phi) is 28.4. The van der Waals surface area contributed by atoms with E-state index in [4.69, 9.17) is 33.4 Å². The van der Waals surface area contributed by atoms with Gasteiger partial charge in [0.25, 0.3) is 0 Å². The molecule has 103 heavy (non-hydrogen) atoms. The Morgan fingerprint density at radius 2 is 1.05 bits per heavy atom. The number of carbonyl (C=O) groups excluding carboxylic acids is 2. The van der Waals surface area contributed by atoms with E-state index >= 15 is 0 Å². The van der Waals surface area contributed by atoms with Crippen LogP contribution in [0.3, 0.4) is 0 Å². The number of piperidine rings is 4. The molecule has 0 aromatic heterocycles. The monoisotopic (exact) mass is 1410 g/mol. The lowest BCUT2D eigenvalue weighted by molar-refractivity contribution is -0.281. The van der Waals surface area contributed by atoms with Crippen LogP contribution in [0.1, 0.15) is 174 Å². The van der Waals surface area contributed by atoms with Crippen LogP contribution in [0.2, 0.25) is 0 Å². The number of benzene rings is 4. The lowest BCUT2D eigenvalue weighted by Gasteiger charge is -2.45. The van der Waals surface area contributed by atoms with Crippen molar-refractivity contribution < 1.29 is 58.4 Å². The van der Waals surface area contributed by atoms with Gasteiger partial charge in [-0.2, -0.15) is 0 Å². The Hall–Kier alpha value is -6.68. The SMILES string of the molecule is C.CC[C@H]1O[C@@H](OC2=NCC(C(C)C)=C2Cc2ccc(/C=C/CCN3CCCC4(CCNCC4)C3)cc2C)[C@H](OC(=O)c2ccccc2)[C@@H](OC(=O)c2ccccc2)[C@@H]1C.Cc1cc(/C=C/CCN2CCCC3(CCNCC3)C2)ccc1CC1=C(C(C)C)CN=C1O[C@@H]1O[C@H](CO)[C@@H](O)[C@H](O)[C@H]1O. The topological polar surface area (TPSA) is 226 Å². The lowest BCUT2D eigenvalue weighted by atomic mass is 9.73. The Labute approximate surface area is 613 Å². The molecule has 18 nitrogen and oxygen atoms in total. The van der Waals surface area contributed by atoms with Crippen LogP contribution in [0.5, 0.6) is 0 Å². The van der Waals surface area contributed by atoms with Crippen LogP contribution < -0.4 is 10.6 Å². The second-order valence-corrected chi connectivity index (χ2v) is 30.6. The van der Waals surface area contributed by atoms with E-state index in [1.165, 1.54) is 124 Å². The number of hydrogen-bond acceptors (Lipinski definition) is 18. The molecule has 2 spiro atoms. The first-order chi connectivity index (χ1) is 49.3. The molecular formula is C85H118N6O12. The molecule has 8 aliphatic rings. The summed E-state index contributed by atoms with van der Waals surface area (Å²) < 4.78 is 37.4. The van der Waals surface area contributed by atoms with Crippen LogP contribution >= 0.6 is 0 Å². The highest BCUT2D eigenvalue weighted by atomic mass is 16.7. The Balaban J connectivity index is 0.000000230. The second kappa shape index (κ2) is 37.0. The summed E-state index contributed by atoms with van der Waals surface area (Å²) in [7, 11) is 0. The molecule has 0 bridgehead atoms. The number of aryl methyl sites for hydroxylation is 2. The van der Waals surface area contributed by atoms with Crippen LogP contribution in [-0.4, -0.2) is 194 Å². The number of aliphatic hydroxyl groups excluding tert-OH is 4. The summed E-state index contributed by atoms with van der Waals surface area (Å²) in [5.74, 6) is 0.0000727. The van der Waals surface area contributed by atoms with Crippen LogP contribution in [0.4, 0.5) is 0 Å². The molecule has 8 aliphatic heterocycles. The molecule has 10 atom stereocenters. The number of nitrogens with one attached hydrogen (secondary N) is 2. The normalized spacial score (nSPS) is 26.7. The van der Waals surface area contributed by atoms with Crippen molar-refractivity contribution in [1.29, 1.82) is 0 Å². The minimum absolute atomic E-state index is 0. The third-order valence-electron chi connectivity index (χ3n) is 22.8. The van der Waals surface area contributed by atoms with Gasteiger partial charge in [-0.3, -0.25) is 0 Å². The van der Waals surface area contributed by atoms with Gasteiger partial charge in [-0.25, -0.2) is 19.6 Å². The largest absolute Gasteiger partial charge is 0.454 e. The van der Waals surface area contributed by atoms with E-state index in [1.54, 1.807) is 48.5 Å². The van der Waals surface area contributed by atoms with E-state index in [-0.39, 0.29) is 31.3 Å². The smallest absolute Gasteiger partial charge is 0.338 e. The highest BCUT2D eigenvalue weighted by Gasteiger charge is 2.51. The van der Waals surface area contributed by atoms with Crippen molar-refractivity contribution in [3.63, 3.8) is 0 Å². The van der Waals surface area contributed by atoms with Crippen molar-refractivity contribution in [2.45, 2.75) is 202 Å². The molecule has 0 saturated carbocycles. The molecule has 18 heteroatoms. The van der Waals surface area contributed by atoms with Gasteiger partial charge in [-0.05, 0) is 215 Å². The summed E-state index contributed by atoms with van der Waals surface area (Å²) in [5.41, 5.74) is 13.3. The lowest BCUT2D eigenvalue weighted by Crippen LogP contribution is -2.59. The number of ether oxygens (including phenoxy) is 6. The van der Waals surface area contributed by atoms with E-state index in [2.05, 4.69) is 128 Å². The average Bonchev–Trinajstić information content (AvgIpc) is 1.79. The maximum absolute atomic E-state index is 13.7. The van der Waals surface area contributed by atoms with E-state index in [9.17, 15) is 30.0 Å². The average molecular weight is 1420 g/mol. The number of aliphatic hydroxyl groups is 4. The maximum atomic E-state index is 13.7. The number of likely N-dealkylation sites (tertiary alicyclic amines) is 2. The maximum Gasteiger partial charge on any atom is 0.338 e. The minimum Gasteiger partial charge on any atom is -0.454 e. The predicted octanol–water partition coefficient (Wildman–Crippen LogP) is 12.2. The van der Waals surface area contributed by atoms with Gasteiger partial charge in [0.1, 0.15) is 24.4 Å². The van der Waals surface area contributed by atoms with E-state index in [0.717, 1.165) is 61.3 Å². The molecular weight excluding hydrogens is 1300 g/mol. The van der Waals surface area contributed by atoms with Crippen molar-refractivity contribution in [3.05, 3.63) is 176 Å². The van der Waals surface area contributed by atoms with Gasteiger partial charge >= 0.3 is 11.9 Å². The minimum atomic E-state index is -1.50. The van der Waals surface area contributed by atoms with Gasteiger partial charge in [0, 0.05) is 56.1 Å². The van der Waals surface area contributed by atoms with Crippen LogP contribution in [0, 0.1) is 42.4 Å². The van der Waals surface area contributed by atoms with Gasteiger partial charge in [-0.15, -0.1) is 0 Å². The van der Waals surface area contributed by atoms with E-state index in [0.29, 0.717) is 66.1 Å². The summed E-state index contributed by atoms with van der Waals surface area (Å²) in [4.78, 5) is 42.1. The summed E-state index contributed by atoms with van der Waals surface area (Å²) in [6.07, 6.45) is 13.8. The number of hydrogen-bond donors (Lipinski definition) is 6. The molecule has 8 heterocycles. The van der Waals surface area contributed by atoms with Crippen LogP contribution in [0.15, 0.2) is 141 Å².